The summed E-state index contributed by atoms with van der Waals surface area (Å²) in [6, 6.07) is 0.410. The fourth-order valence-corrected chi connectivity index (χ4v) is 2.62. The predicted octanol–water partition coefficient (Wildman–Crippen LogP) is 1.50. The van der Waals surface area contributed by atoms with Crippen LogP contribution in [-0.2, 0) is 4.79 Å². The molecule has 2 aliphatic heterocycles. The van der Waals surface area contributed by atoms with Gasteiger partial charge < -0.3 is 4.90 Å². The van der Waals surface area contributed by atoms with Crippen LogP contribution in [0.2, 0.25) is 0 Å². The third kappa shape index (κ3) is 1.11. The van der Waals surface area contributed by atoms with Crippen molar-refractivity contribution >= 4 is 5.91 Å². The lowest BCUT2D eigenvalue weighted by Gasteiger charge is -2.35. The standard InChI is InChI=1S/C9H14FNO/c1-6(12)11-8-2-3-9(11)5-7(10)4-8/h7-9H,2-5H2,1H3. The lowest BCUT2D eigenvalue weighted by atomic mass is 10.0. The van der Waals surface area contributed by atoms with Gasteiger partial charge in [0.25, 0.3) is 0 Å². The number of carbonyl (C=O) groups is 1. The van der Waals surface area contributed by atoms with Crippen LogP contribution < -0.4 is 0 Å². The molecule has 2 heterocycles. The van der Waals surface area contributed by atoms with E-state index in [0.717, 1.165) is 12.8 Å². The molecule has 2 nitrogen and oxygen atoms in total. The van der Waals surface area contributed by atoms with E-state index in [2.05, 4.69) is 0 Å². The molecule has 0 aliphatic carbocycles. The molecule has 0 aromatic carbocycles. The van der Waals surface area contributed by atoms with Gasteiger partial charge in [-0.1, -0.05) is 0 Å². The molecule has 1 amide bonds. The molecule has 0 N–H and O–H groups in total. The third-order valence-corrected chi connectivity index (χ3v) is 3.04. The summed E-state index contributed by atoms with van der Waals surface area (Å²) in [5.41, 5.74) is 0. The van der Waals surface area contributed by atoms with Crippen LogP contribution in [0.5, 0.6) is 0 Å². The molecule has 2 bridgehead atoms. The van der Waals surface area contributed by atoms with Crippen LogP contribution in [-0.4, -0.2) is 29.1 Å². The second kappa shape index (κ2) is 2.71. The molecule has 2 atom stereocenters. The highest BCUT2D eigenvalue weighted by molar-refractivity contribution is 5.74. The van der Waals surface area contributed by atoms with Crippen molar-refractivity contribution in [3.05, 3.63) is 0 Å². The Bertz CT molecular complexity index is 193. The number of piperidine rings is 1. The molecule has 0 aromatic rings. The normalized spacial score (nSPS) is 40.2. The van der Waals surface area contributed by atoms with E-state index >= 15 is 0 Å². The first-order chi connectivity index (χ1) is 5.68. The van der Waals surface area contributed by atoms with E-state index in [4.69, 9.17) is 0 Å². The van der Waals surface area contributed by atoms with Crippen molar-refractivity contribution in [3.63, 3.8) is 0 Å². The smallest absolute Gasteiger partial charge is 0.219 e. The van der Waals surface area contributed by atoms with Gasteiger partial charge in [-0.2, -0.15) is 0 Å². The van der Waals surface area contributed by atoms with Gasteiger partial charge in [0.15, 0.2) is 0 Å². The number of nitrogens with zero attached hydrogens (tertiary/aromatic N) is 1. The molecule has 68 valence electrons. The van der Waals surface area contributed by atoms with Gasteiger partial charge in [0, 0.05) is 19.0 Å². The van der Waals surface area contributed by atoms with E-state index in [0.29, 0.717) is 12.8 Å². The number of halogens is 1. The van der Waals surface area contributed by atoms with Crippen LogP contribution in [0.15, 0.2) is 0 Å². The highest BCUT2D eigenvalue weighted by Crippen LogP contribution is 2.36. The Balaban J connectivity index is 2.14. The average molecular weight is 171 g/mol. The maximum absolute atomic E-state index is 13.0. The van der Waals surface area contributed by atoms with Crippen LogP contribution in [0.3, 0.4) is 0 Å². The SMILES string of the molecule is CC(=O)N1C2CCC1CC(F)C2. The van der Waals surface area contributed by atoms with E-state index in [1.165, 1.54) is 0 Å². The van der Waals surface area contributed by atoms with Gasteiger partial charge in [-0.05, 0) is 25.7 Å². The largest absolute Gasteiger partial charge is 0.337 e. The zero-order valence-corrected chi connectivity index (χ0v) is 7.29. The summed E-state index contributed by atoms with van der Waals surface area (Å²) >= 11 is 0. The number of hydrogen-bond acceptors (Lipinski definition) is 1. The van der Waals surface area contributed by atoms with Gasteiger partial charge in [-0.25, -0.2) is 4.39 Å². The van der Waals surface area contributed by atoms with Gasteiger partial charge in [0.2, 0.25) is 5.91 Å². The summed E-state index contributed by atoms with van der Waals surface area (Å²) in [7, 11) is 0. The summed E-state index contributed by atoms with van der Waals surface area (Å²) in [5.74, 6) is 0.120. The Morgan fingerprint density at radius 3 is 2.25 bits per heavy atom. The second-order valence-electron chi connectivity index (χ2n) is 3.88. The maximum atomic E-state index is 13.0. The minimum Gasteiger partial charge on any atom is -0.337 e. The van der Waals surface area contributed by atoms with Gasteiger partial charge in [0.1, 0.15) is 6.17 Å². The highest BCUT2D eigenvalue weighted by Gasteiger charge is 2.41. The number of alkyl halides is 1. The van der Waals surface area contributed by atoms with Crippen molar-refractivity contribution in [1.82, 2.24) is 4.90 Å². The van der Waals surface area contributed by atoms with E-state index < -0.39 is 6.17 Å². The van der Waals surface area contributed by atoms with Crippen molar-refractivity contribution in [2.75, 3.05) is 0 Å². The summed E-state index contributed by atoms with van der Waals surface area (Å²) in [6.07, 6.45) is 2.47. The van der Waals surface area contributed by atoms with Crippen molar-refractivity contribution in [2.45, 2.75) is 50.9 Å². The Labute approximate surface area is 71.7 Å². The molecule has 2 fully saturated rings. The Morgan fingerprint density at radius 2 is 1.83 bits per heavy atom. The third-order valence-electron chi connectivity index (χ3n) is 3.04. The first-order valence-corrected chi connectivity index (χ1v) is 4.61. The summed E-state index contributed by atoms with van der Waals surface area (Å²) in [6.45, 7) is 1.59. The number of fused-ring (bicyclic) bond motifs is 2. The van der Waals surface area contributed by atoms with E-state index in [-0.39, 0.29) is 18.0 Å². The monoisotopic (exact) mass is 171 g/mol. The van der Waals surface area contributed by atoms with Crippen LogP contribution in [0, 0.1) is 0 Å². The Kier molecular flexibility index (Phi) is 1.81. The van der Waals surface area contributed by atoms with Crippen molar-refractivity contribution < 1.29 is 9.18 Å². The molecular formula is C9H14FNO. The van der Waals surface area contributed by atoms with Crippen LogP contribution in [0.1, 0.15) is 32.6 Å². The molecule has 2 rings (SSSR count). The first kappa shape index (κ1) is 8.02. The van der Waals surface area contributed by atoms with E-state index in [9.17, 15) is 9.18 Å². The summed E-state index contributed by atoms with van der Waals surface area (Å²) in [5, 5.41) is 0. The van der Waals surface area contributed by atoms with Gasteiger partial charge in [-0.15, -0.1) is 0 Å². The molecule has 3 heteroatoms. The Hall–Kier alpha value is -0.600. The molecule has 2 saturated heterocycles. The lowest BCUT2D eigenvalue weighted by molar-refractivity contribution is -0.134. The molecule has 0 spiro atoms. The number of carbonyl (C=O) groups excluding carboxylic acids is 1. The maximum Gasteiger partial charge on any atom is 0.219 e. The molecule has 0 aromatic heterocycles. The topological polar surface area (TPSA) is 20.3 Å². The molecule has 12 heavy (non-hydrogen) atoms. The van der Waals surface area contributed by atoms with Crippen LogP contribution in [0.25, 0.3) is 0 Å². The number of hydrogen-bond donors (Lipinski definition) is 0. The molecule has 0 saturated carbocycles. The van der Waals surface area contributed by atoms with E-state index in [1.807, 2.05) is 4.90 Å². The molecule has 2 aliphatic rings. The van der Waals surface area contributed by atoms with Crippen molar-refractivity contribution in [1.29, 1.82) is 0 Å². The lowest BCUT2D eigenvalue weighted by Crippen LogP contribution is -2.46. The highest BCUT2D eigenvalue weighted by atomic mass is 19.1. The van der Waals surface area contributed by atoms with Crippen molar-refractivity contribution in [3.8, 4) is 0 Å². The van der Waals surface area contributed by atoms with Gasteiger partial charge >= 0.3 is 0 Å². The fourth-order valence-electron chi connectivity index (χ4n) is 2.62. The minimum atomic E-state index is -0.668. The Morgan fingerprint density at radius 1 is 1.33 bits per heavy atom. The number of amides is 1. The zero-order chi connectivity index (χ0) is 8.72. The fraction of sp³-hybridized carbons (Fsp3) is 0.889. The minimum absolute atomic E-state index is 0.120. The number of rotatable bonds is 0. The quantitative estimate of drug-likeness (QED) is 0.541. The summed E-state index contributed by atoms with van der Waals surface area (Å²) in [4.78, 5) is 13.1. The predicted molar refractivity (Wildman–Crippen MR) is 43.5 cm³/mol. The van der Waals surface area contributed by atoms with Crippen molar-refractivity contribution in [2.24, 2.45) is 0 Å². The van der Waals surface area contributed by atoms with E-state index in [1.54, 1.807) is 6.92 Å². The van der Waals surface area contributed by atoms with Crippen LogP contribution >= 0.6 is 0 Å². The molecule has 0 radical (unpaired) electrons. The first-order valence-electron chi connectivity index (χ1n) is 4.61. The average Bonchev–Trinajstić information content (AvgIpc) is 2.24. The summed E-state index contributed by atoms with van der Waals surface area (Å²) < 4.78 is 13.0. The zero-order valence-electron chi connectivity index (χ0n) is 7.29. The van der Waals surface area contributed by atoms with Gasteiger partial charge in [0.05, 0.1) is 0 Å². The molecular weight excluding hydrogens is 157 g/mol. The van der Waals surface area contributed by atoms with Crippen LogP contribution in [0.4, 0.5) is 4.39 Å². The second-order valence-corrected chi connectivity index (χ2v) is 3.88. The van der Waals surface area contributed by atoms with Gasteiger partial charge in [-0.3, -0.25) is 4.79 Å². The molecule has 2 unspecified atom stereocenters.